The van der Waals surface area contributed by atoms with Crippen molar-refractivity contribution in [1.82, 2.24) is 15.5 Å². The number of hydrogen-bond acceptors (Lipinski definition) is 5. The van der Waals surface area contributed by atoms with E-state index >= 15 is 0 Å². The van der Waals surface area contributed by atoms with Crippen LogP contribution in [0.15, 0.2) is 17.5 Å². The molecule has 0 unspecified atom stereocenters. The van der Waals surface area contributed by atoms with Crippen molar-refractivity contribution in [2.45, 2.75) is 32.7 Å². The van der Waals surface area contributed by atoms with E-state index in [1.807, 2.05) is 13.8 Å². The molecule has 3 amide bonds. The van der Waals surface area contributed by atoms with Crippen LogP contribution in [0.3, 0.4) is 0 Å². The van der Waals surface area contributed by atoms with Crippen molar-refractivity contribution in [1.29, 1.82) is 0 Å². The van der Waals surface area contributed by atoms with Crippen molar-refractivity contribution in [3.05, 3.63) is 22.4 Å². The van der Waals surface area contributed by atoms with Crippen molar-refractivity contribution in [2.75, 3.05) is 25.5 Å². The minimum atomic E-state index is -0.711. The van der Waals surface area contributed by atoms with E-state index in [1.165, 1.54) is 16.2 Å². The number of hydrogen-bond donors (Lipinski definition) is 2. The Kier molecular flexibility index (Phi) is 8.44. The molecule has 154 valence electrons. The summed E-state index contributed by atoms with van der Waals surface area (Å²) < 4.78 is 0. The number of rotatable bonds is 10. The number of thiophene rings is 1. The highest BCUT2D eigenvalue weighted by molar-refractivity contribution is 7.12. The Labute approximate surface area is 173 Å². The molecule has 1 aliphatic heterocycles. The summed E-state index contributed by atoms with van der Waals surface area (Å²) in [5, 5.41) is 7.31. The zero-order valence-corrected chi connectivity index (χ0v) is 17.6. The molecular formula is C19H26ClN3O4S. The summed E-state index contributed by atoms with van der Waals surface area (Å²) in [5.74, 6) is -1.53. The summed E-state index contributed by atoms with van der Waals surface area (Å²) in [5.41, 5.74) is 0. The molecule has 2 N–H and O–H groups in total. The lowest BCUT2D eigenvalue weighted by Crippen LogP contribution is -2.49. The third-order valence-corrected chi connectivity index (χ3v) is 5.66. The lowest BCUT2D eigenvalue weighted by Gasteiger charge is -2.26. The van der Waals surface area contributed by atoms with Gasteiger partial charge in [-0.2, -0.15) is 0 Å². The number of nitrogens with one attached hydrogen (secondary N) is 2. The quantitative estimate of drug-likeness (QED) is 0.555. The van der Waals surface area contributed by atoms with E-state index in [-0.39, 0.29) is 48.4 Å². The van der Waals surface area contributed by atoms with Gasteiger partial charge in [0, 0.05) is 13.1 Å². The average Bonchev–Trinajstić information content (AvgIpc) is 3.31. The van der Waals surface area contributed by atoms with Crippen molar-refractivity contribution in [3.8, 4) is 0 Å². The molecule has 2 rings (SSSR count). The molecule has 1 fully saturated rings. The summed E-state index contributed by atoms with van der Waals surface area (Å²) >= 11 is 6.99. The smallest absolute Gasteiger partial charge is 0.261 e. The largest absolute Gasteiger partial charge is 0.356 e. The fourth-order valence-corrected chi connectivity index (χ4v) is 3.90. The Morgan fingerprint density at radius 3 is 2.68 bits per heavy atom. The van der Waals surface area contributed by atoms with E-state index in [1.54, 1.807) is 17.5 Å². The highest BCUT2D eigenvalue weighted by atomic mass is 35.5. The zero-order chi connectivity index (χ0) is 20.7. The lowest BCUT2D eigenvalue weighted by molar-refractivity contribution is -0.135. The maximum absolute atomic E-state index is 12.9. The monoisotopic (exact) mass is 427 g/mol. The van der Waals surface area contributed by atoms with Gasteiger partial charge in [-0.1, -0.05) is 19.9 Å². The molecule has 7 nitrogen and oxygen atoms in total. The van der Waals surface area contributed by atoms with E-state index in [0.29, 0.717) is 24.3 Å². The second-order valence-electron chi connectivity index (χ2n) is 7.28. The van der Waals surface area contributed by atoms with Gasteiger partial charge in [-0.25, -0.2) is 0 Å². The summed E-state index contributed by atoms with van der Waals surface area (Å²) in [7, 11) is 0. The van der Waals surface area contributed by atoms with Gasteiger partial charge in [-0.3, -0.25) is 19.2 Å². The van der Waals surface area contributed by atoms with E-state index in [9.17, 15) is 19.2 Å². The molecule has 1 aromatic rings. The number of carbonyl (C=O) groups is 4. The van der Waals surface area contributed by atoms with Crippen LogP contribution in [0.25, 0.3) is 0 Å². The molecule has 0 aliphatic carbocycles. The molecule has 1 saturated heterocycles. The molecule has 0 radical (unpaired) electrons. The van der Waals surface area contributed by atoms with Crippen LogP contribution in [-0.4, -0.2) is 60.0 Å². The Balaban J connectivity index is 2.07. The zero-order valence-electron chi connectivity index (χ0n) is 16.1. The van der Waals surface area contributed by atoms with E-state index in [4.69, 9.17) is 11.6 Å². The van der Waals surface area contributed by atoms with Crippen LogP contribution in [0.2, 0.25) is 0 Å². The second-order valence-corrected chi connectivity index (χ2v) is 8.50. The first kappa shape index (κ1) is 22.4. The van der Waals surface area contributed by atoms with Gasteiger partial charge in [-0.05, 0) is 30.2 Å². The minimum Gasteiger partial charge on any atom is -0.356 e. The number of halogens is 1. The van der Waals surface area contributed by atoms with E-state index < -0.39 is 11.9 Å². The van der Waals surface area contributed by atoms with E-state index in [0.717, 1.165) is 0 Å². The molecule has 28 heavy (non-hydrogen) atoms. The van der Waals surface area contributed by atoms with Crippen molar-refractivity contribution in [2.24, 2.45) is 11.8 Å². The molecule has 0 aromatic carbocycles. The van der Waals surface area contributed by atoms with Crippen molar-refractivity contribution < 1.29 is 19.2 Å². The third kappa shape index (κ3) is 6.31. The topological polar surface area (TPSA) is 95.6 Å². The molecule has 2 heterocycles. The van der Waals surface area contributed by atoms with E-state index in [2.05, 4.69) is 10.6 Å². The number of carbonyl (C=O) groups excluding carboxylic acids is 4. The van der Waals surface area contributed by atoms with Gasteiger partial charge in [0.1, 0.15) is 5.88 Å². The Morgan fingerprint density at radius 2 is 2.14 bits per heavy atom. The maximum Gasteiger partial charge on any atom is 0.261 e. The minimum absolute atomic E-state index is 0.121. The highest BCUT2D eigenvalue weighted by Crippen LogP contribution is 2.15. The number of Topliss-reactive ketones (excluding diaryl/α,β-unsaturated/α-hetero) is 1. The predicted molar refractivity (Wildman–Crippen MR) is 108 cm³/mol. The molecule has 9 heteroatoms. The molecular weight excluding hydrogens is 402 g/mol. The van der Waals surface area contributed by atoms with Gasteiger partial charge in [0.15, 0.2) is 5.78 Å². The molecule has 1 aromatic heterocycles. The molecule has 2 atom stereocenters. The van der Waals surface area contributed by atoms with Gasteiger partial charge < -0.3 is 15.5 Å². The number of amides is 3. The Morgan fingerprint density at radius 1 is 1.39 bits per heavy atom. The summed E-state index contributed by atoms with van der Waals surface area (Å²) in [6.07, 6.45) is 1.08. The van der Waals surface area contributed by atoms with Crippen molar-refractivity contribution >= 4 is 46.4 Å². The normalized spacial score (nSPS) is 17.3. The van der Waals surface area contributed by atoms with Gasteiger partial charge in [0.25, 0.3) is 5.91 Å². The first-order valence-corrected chi connectivity index (χ1v) is 10.7. The first-order chi connectivity index (χ1) is 13.3. The maximum atomic E-state index is 12.9. The van der Waals surface area contributed by atoms with Crippen molar-refractivity contribution in [3.63, 3.8) is 0 Å². The van der Waals surface area contributed by atoms with Gasteiger partial charge in [0.05, 0.1) is 23.4 Å². The summed E-state index contributed by atoms with van der Waals surface area (Å²) in [4.78, 5) is 51.2. The second kappa shape index (κ2) is 10.6. The molecule has 0 saturated carbocycles. The van der Waals surface area contributed by atoms with Gasteiger partial charge in [0.2, 0.25) is 11.8 Å². The summed E-state index contributed by atoms with van der Waals surface area (Å²) in [6.45, 7) is 4.45. The standard InChI is InChI=1S/C19H26ClN3O4S/c1-12(2)8-14(22-19(27)16-4-3-7-28-16)15(24)11-23(17(25)9-20)10-13-5-6-21-18(13)26/h3-4,7,12-14H,5-6,8-11H2,1-2H3,(H,21,26)(H,22,27)/t13-,14-/m0/s1. The number of ketones is 1. The predicted octanol–water partition coefficient (Wildman–Crippen LogP) is 1.67. The van der Waals surface area contributed by atoms with Crippen LogP contribution >= 0.6 is 22.9 Å². The Bertz CT molecular complexity index is 708. The van der Waals surface area contributed by atoms with Crippen LogP contribution in [0.1, 0.15) is 36.4 Å². The highest BCUT2D eigenvalue weighted by Gasteiger charge is 2.31. The fraction of sp³-hybridized carbons (Fsp3) is 0.579. The number of alkyl halides is 1. The van der Waals surface area contributed by atoms with Crippen LogP contribution in [-0.2, 0) is 14.4 Å². The van der Waals surface area contributed by atoms with Crippen LogP contribution < -0.4 is 10.6 Å². The lowest BCUT2D eigenvalue weighted by atomic mass is 9.99. The van der Waals surface area contributed by atoms with Crippen LogP contribution in [0.4, 0.5) is 0 Å². The third-order valence-electron chi connectivity index (χ3n) is 4.56. The average molecular weight is 428 g/mol. The molecule has 1 aliphatic rings. The summed E-state index contributed by atoms with van der Waals surface area (Å²) in [6, 6.07) is 2.75. The molecule has 0 bridgehead atoms. The fourth-order valence-electron chi connectivity index (χ4n) is 3.10. The van der Waals surface area contributed by atoms with Crippen LogP contribution in [0.5, 0.6) is 0 Å². The first-order valence-electron chi connectivity index (χ1n) is 9.30. The Hall–Kier alpha value is -1.93. The van der Waals surface area contributed by atoms with Crippen LogP contribution in [0, 0.1) is 11.8 Å². The van der Waals surface area contributed by atoms with Gasteiger partial charge >= 0.3 is 0 Å². The SMILES string of the molecule is CC(C)C[C@H](NC(=O)c1cccs1)C(=O)CN(C[C@@H]1CCNC1=O)C(=O)CCl. The van der Waals surface area contributed by atoms with Gasteiger partial charge in [-0.15, -0.1) is 22.9 Å². The molecule has 0 spiro atoms. The number of nitrogens with zero attached hydrogens (tertiary/aromatic N) is 1.